The number of aromatic nitrogens is 1. The Kier molecular flexibility index (Phi) is 3.90. The molecule has 1 heterocycles. The van der Waals surface area contributed by atoms with Crippen molar-refractivity contribution < 1.29 is 19.2 Å². The summed E-state index contributed by atoms with van der Waals surface area (Å²) in [5.41, 5.74) is 1.65. The van der Waals surface area contributed by atoms with E-state index < -0.39 is 5.97 Å². The minimum atomic E-state index is -1.10. The summed E-state index contributed by atoms with van der Waals surface area (Å²) in [5, 5.41) is 12.4. The first kappa shape index (κ1) is 14.3. The molecule has 2 aromatic rings. The van der Waals surface area contributed by atoms with Gasteiger partial charge in [-0.25, -0.2) is 4.79 Å². The molecule has 1 aromatic heterocycles. The third kappa shape index (κ3) is 2.88. The molecule has 2 rings (SSSR count). The Labute approximate surface area is 117 Å². The SMILES string of the molecule is COCC(C)(C)c1cccc(-c2cc(C(=O)O)no2)c1. The maximum absolute atomic E-state index is 10.8. The molecule has 20 heavy (non-hydrogen) atoms. The summed E-state index contributed by atoms with van der Waals surface area (Å²) in [5.74, 6) is -0.659. The Hall–Kier alpha value is -2.14. The van der Waals surface area contributed by atoms with E-state index in [0.29, 0.717) is 12.4 Å². The first-order valence-electron chi connectivity index (χ1n) is 6.24. The summed E-state index contributed by atoms with van der Waals surface area (Å²) in [4.78, 5) is 10.8. The topological polar surface area (TPSA) is 72.6 Å². The minimum Gasteiger partial charge on any atom is -0.476 e. The monoisotopic (exact) mass is 275 g/mol. The van der Waals surface area contributed by atoms with E-state index in [1.807, 2.05) is 24.3 Å². The minimum absolute atomic E-state index is 0.0958. The average molecular weight is 275 g/mol. The van der Waals surface area contributed by atoms with E-state index in [1.54, 1.807) is 7.11 Å². The molecule has 1 N–H and O–H groups in total. The van der Waals surface area contributed by atoms with Crippen LogP contribution in [0.5, 0.6) is 0 Å². The largest absolute Gasteiger partial charge is 0.476 e. The van der Waals surface area contributed by atoms with Crippen molar-refractivity contribution in [3.8, 4) is 11.3 Å². The van der Waals surface area contributed by atoms with Crippen LogP contribution in [0.1, 0.15) is 29.9 Å². The van der Waals surface area contributed by atoms with Gasteiger partial charge >= 0.3 is 5.97 Å². The molecule has 0 aliphatic rings. The molecular formula is C15H17NO4. The van der Waals surface area contributed by atoms with E-state index in [1.165, 1.54) is 6.07 Å². The van der Waals surface area contributed by atoms with Crippen LogP contribution in [0, 0.1) is 0 Å². The third-order valence-electron chi connectivity index (χ3n) is 3.16. The van der Waals surface area contributed by atoms with Crippen LogP contribution in [0.3, 0.4) is 0 Å². The highest BCUT2D eigenvalue weighted by molar-refractivity contribution is 5.86. The van der Waals surface area contributed by atoms with Crippen molar-refractivity contribution in [1.29, 1.82) is 0 Å². The molecule has 0 unspecified atom stereocenters. The van der Waals surface area contributed by atoms with Gasteiger partial charge < -0.3 is 14.4 Å². The van der Waals surface area contributed by atoms with E-state index in [2.05, 4.69) is 19.0 Å². The lowest BCUT2D eigenvalue weighted by Crippen LogP contribution is -2.23. The first-order valence-corrected chi connectivity index (χ1v) is 6.24. The van der Waals surface area contributed by atoms with Crippen molar-refractivity contribution >= 4 is 5.97 Å². The van der Waals surface area contributed by atoms with Crippen molar-refractivity contribution in [3.63, 3.8) is 0 Å². The fourth-order valence-electron chi connectivity index (χ4n) is 2.05. The van der Waals surface area contributed by atoms with Crippen LogP contribution < -0.4 is 0 Å². The summed E-state index contributed by atoms with van der Waals surface area (Å²) >= 11 is 0. The second-order valence-electron chi connectivity index (χ2n) is 5.28. The molecule has 0 aliphatic heterocycles. The number of benzene rings is 1. The molecule has 0 bridgehead atoms. The number of hydrogen-bond donors (Lipinski definition) is 1. The van der Waals surface area contributed by atoms with Crippen LogP contribution in [0.25, 0.3) is 11.3 Å². The lowest BCUT2D eigenvalue weighted by atomic mass is 9.84. The highest BCUT2D eigenvalue weighted by Crippen LogP contribution is 2.28. The van der Waals surface area contributed by atoms with Crippen LogP contribution >= 0.6 is 0 Å². The Morgan fingerprint density at radius 2 is 2.15 bits per heavy atom. The number of rotatable bonds is 5. The highest BCUT2D eigenvalue weighted by atomic mass is 16.5. The van der Waals surface area contributed by atoms with E-state index in [-0.39, 0.29) is 11.1 Å². The zero-order valence-electron chi connectivity index (χ0n) is 11.7. The van der Waals surface area contributed by atoms with Gasteiger partial charge in [-0.1, -0.05) is 37.2 Å². The van der Waals surface area contributed by atoms with Gasteiger partial charge in [0.05, 0.1) is 6.61 Å². The van der Waals surface area contributed by atoms with E-state index in [4.69, 9.17) is 14.4 Å². The van der Waals surface area contributed by atoms with Gasteiger partial charge in [0.25, 0.3) is 0 Å². The van der Waals surface area contributed by atoms with Crippen molar-refractivity contribution in [1.82, 2.24) is 5.16 Å². The molecule has 1 aromatic carbocycles. The third-order valence-corrected chi connectivity index (χ3v) is 3.16. The van der Waals surface area contributed by atoms with Crippen molar-refractivity contribution in [2.24, 2.45) is 0 Å². The summed E-state index contributed by atoms with van der Waals surface area (Å²) in [6.45, 7) is 4.75. The Morgan fingerprint density at radius 1 is 1.40 bits per heavy atom. The number of carbonyl (C=O) groups is 1. The normalized spacial score (nSPS) is 11.6. The second-order valence-corrected chi connectivity index (χ2v) is 5.28. The van der Waals surface area contributed by atoms with Crippen molar-refractivity contribution in [3.05, 3.63) is 41.6 Å². The van der Waals surface area contributed by atoms with E-state index in [0.717, 1.165) is 11.1 Å². The predicted molar refractivity (Wildman–Crippen MR) is 73.8 cm³/mol. The summed E-state index contributed by atoms with van der Waals surface area (Å²) in [6.07, 6.45) is 0. The van der Waals surface area contributed by atoms with Crippen LogP contribution in [0.15, 0.2) is 34.9 Å². The number of carboxylic acid groups (broad SMARTS) is 1. The van der Waals surface area contributed by atoms with E-state index >= 15 is 0 Å². The number of aromatic carboxylic acids is 1. The summed E-state index contributed by atoms with van der Waals surface area (Å²) < 4.78 is 10.3. The molecule has 5 heteroatoms. The maximum atomic E-state index is 10.8. The van der Waals surface area contributed by atoms with Gasteiger partial charge in [-0.15, -0.1) is 0 Å². The predicted octanol–water partition coefficient (Wildman–Crippen LogP) is 2.96. The van der Waals surface area contributed by atoms with Crippen LogP contribution in [0.4, 0.5) is 0 Å². The second kappa shape index (κ2) is 5.46. The lowest BCUT2D eigenvalue weighted by molar-refractivity contribution is 0.0686. The molecule has 0 aliphatic carbocycles. The van der Waals surface area contributed by atoms with Crippen LogP contribution in [0.2, 0.25) is 0 Å². The van der Waals surface area contributed by atoms with Crippen molar-refractivity contribution in [2.45, 2.75) is 19.3 Å². The number of carboxylic acids is 1. The fourth-order valence-corrected chi connectivity index (χ4v) is 2.05. The lowest BCUT2D eigenvalue weighted by Gasteiger charge is -2.24. The molecule has 0 saturated heterocycles. The average Bonchev–Trinajstić information content (AvgIpc) is 2.88. The molecule has 106 valence electrons. The molecule has 0 spiro atoms. The van der Waals surface area contributed by atoms with Gasteiger partial charge in [0.1, 0.15) is 0 Å². The molecule has 5 nitrogen and oxygen atoms in total. The molecule has 0 radical (unpaired) electrons. The molecule has 0 atom stereocenters. The smallest absolute Gasteiger partial charge is 0.358 e. The summed E-state index contributed by atoms with van der Waals surface area (Å²) in [7, 11) is 1.67. The number of nitrogens with zero attached hydrogens (tertiary/aromatic N) is 1. The van der Waals surface area contributed by atoms with Gasteiger partial charge in [0, 0.05) is 24.2 Å². The highest BCUT2D eigenvalue weighted by Gasteiger charge is 2.21. The fraction of sp³-hybridized carbons (Fsp3) is 0.333. The van der Waals surface area contributed by atoms with Gasteiger partial charge in [0.15, 0.2) is 11.5 Å². The van der Waals surface area contributed by atoms with Crippen molar-refractivity contribution in [2.75, 3.05) is 13.7 Å². The maximum Gasteiger partial charge on any atom is 0.358 e. The molecule has 0 amide bonds. The first-order chi connectivity index (χ1) is 9.44. The van der Waals surface area contributed by atoms with E-state index in [9.17, 15) is 4.79 Å². The zero-order valence-corrected chi connectivity index (χ0v) is 11.7. The van der Waals surface area contributed by atoms with Gasteiger partial charge in [-0.3, -0.25) is 0 Å². The Morgan fingerprint density at radius 3 is 2.75 bits per heavy atom. The molecule has 0 fully saturated rings. The van der Waals surface area contributed by atoms with Gasteiger partial charge in [0.2, 0.25) is 0 Å². The number of methoxy groups -OCH3 is 1. The van der Waals surface area contributed by atoms with Gasteiger partial charge in [-0.2, -0.15) is 0 Å². The number of ether oxygens (including phenoxy) is 1. The van der Waals surface area contributed by atoms with Gasteiger partial charge in [-0.05, 0) is 11.6 Å². The van der Waals surface area contributed by atoms with Crippen LogP contribution in [-0.4, -0.2) is 29.9 Å². The summed E-state index contributed by atoms with van der Waals surface area (Å²) in [6, 6.07) is 9.16. The quantitative estimate of drug-likeness (QED) is 0.908. The Bertz CT molecular complexity index is 616. The molecular weight excluding hydrogens is 258 g/mol. The standard InChI is InChI=1S/C15H17NO4/c1-15(2,9-19-3)11-6-4-5-10(7-11)13-8-12(14(17)18)16-20-13/h4-8H,9H2,1-3H3,(H,17,18). The zero-order chi connectivity index (χ0) is 14.8. The number of hydrogen-bond acceptors (Lipinski definition) is 4. The van der Waals surface area contributed by atoms with Crippen LogP contribution in [-0.2, 0) is 10.2 Å². The Balaban J connectivity index is 2.36. The molecule has 0 saturated carbocycles.